The number of aromatic nitrogens is 3. The molecule has 2 amide bonds. The van der Waals surface area contributed by atoms with Crippen LogP contribution in [0.2, 0.25) is 0 Å². The van der Waals surface area contributed by atoms with Crippen molar-refractivity contribution >= 4 is 6.03 Å². The molecule has 1 aromatic carbocycles. The molecule has 3 rings (SSSR count). The Balaban J connectivity index is 1.67. The fourth-order valence-corrected chi connectivity index (χ4v) is 3.07. The van der Waals surface area contributed by atoms with E-state index < -0.39 is 0 Å². The van der Waals surface area contributed by atoms with Crippen LogP contribution in [-0.2, 0) is 11.3 Å². The zero-order chi connectivity index (χ0) is 17.5. The van der Waals surface area contributed by atoms with Crippen LogP contribution in [0.4, 0.5) is 4.79 Å². The van der Waals surface area contributed by atoms with E-state index in [2.05, 4.69) is 22.3 Å². The molecule has 0 spiro atoms. The zero-order valence-electron chi connectivity index (χ0n) is 14.5. The third-order valence-electron chi connectivity index (χ3n) is 4.37. The minimum absolute atomic E-state index is 0.0571. The molecule has 1 aromatic heterocycles. The van der Waals surface area contributed by atoms with E-state index in [1.165, 1.54) is 6.33 Å². The number of nitrogens with zero attached hydrogens (tertiary/aromatic N) is 4. The Morgan fingerprint density at radius 3 is 2.96 bits per heavy atom. The van der Waals surface area contributed by atoms with E-state index in [0.717, 1.165) is 18.4 Å². The molecule has 1 aliphatic heterocycles. The van der Waals surface area contributed by atoms with Crippen molar-refractivity contribution in [1.82, 2.24) is 25.0 Å². The third kappa shape index (κ3) is 4.79. The maximum Gasteiger partial charge on any atom is 0.318 e. The van der Waals surface area contributed by atoms with Gasteiger partial charge in [-0.2, -0.15) is 5.10 Å². The first-order valence-electron chi connectivity index (χ1n) is 8.80. The van der Waals surface area contributed by atoms with Crippen molar-refractivity contribution < 1.29 is 9.53 Å². The minimum atomic E-state index is -0.164. The number of amides is 2. The Morgan fingerprint density at radius 1 is 1.40 bits per heavy atom. The quantitative estimate of drug-likeness (QED) is 0.873. The van der Waals surface area contributed by atoms with Gasteiger partial charge in [0.1, 0.15) is 12.7 Å². The molecule has 2 atom stereocenters. The molecular weight excluding hydrogens is 318 g/mol. The van der Waals surface area contributed by atoms with Crippen molar-refractivity contribution in [2.24, 2.45) is 0 Å². The fourth-order valence-electron chi connectivity index (χ4n) is 3.07. The predicted octanol–water partition coefficient (Wildman–Crippen LogP) is 2.23. The highest BCUT2D eigenvalue weighted by molar-refractivity contribution is 5.74. The molecule has 2 heterocycles. The second kappa shape index (κ2) is 8.62. The summed E-state index contributed by atoms with van der Waals surface area (Å²) in [6.45, 7) is 4.53. The van der Waals surface area contributed by atoms with Crippen LogP contribution in [0.15, 0.2) is 43.0 Å². The number of benzene rings is 1. The van der Waals surface area contributed by atoms with E-state index in [4.69, 9.17) is 4.74 Å². The Morgan fingerprint density at radius 2 is 2.24 bits per heavy atom. The maximum absolute atomic E-state index is 12.8. The fraction of sp³-hybridized carbons (Fsp3) is 0.500. The molecular formula is C18H25N5O2. The summed E-state index contributed by atoms with van der Waals surface area (Å²) in [5, 5.41) is 7.31. The standard InChI is InChI=1S/C18H25N5O2/c1-2-6-16-11-22(9-10-25-16)18(24)21-17(12-23-14-19-13-20-23)15-7-4-3-5-8-15/h3-5,7-8,13-14,16-17H,2,6,9-12H2,1H3,(H,21,24)/t16-,17+/m1/s1. The number of nitrogens with one attached hydrogen (secondary N) is 1. The number of urea groups is 1. The van der Waals surface area contributed by atoms with Gasteiger partial charge in [-0.05, 0) is 12.0 Å². The van der Waals surface area contributed by atoms with Crippen LogP contribution in [0.5, 0.6) is 0 Å². The number of carbonyl (C=O) groups excluding carboxylic acids is 1. The lowest BCUT2D eigenvalue weighted by molar-refractivity contribution is -0.0185. The molecule has 7 nitrogen and oxygen atoms in total. The van der Waals surface area contributed by atoms with Crippen molar-refractivity contribution in [2.75, 3.05) is 19.7 Å². The van der Waals surface area contributed by atoms with Crippen molar-refractivity contribution in [1.29, 1.82) is 0 Å². The van der Waals surface area contributed by atoms with Crippen LogP contribution >= 0.6 is 0 Å². The van der Waals surface area contributed by atoms with Crippen LogP contribution in [0, 0.1) is 0 Å². The number of hydrogen-bond acceptors (Lipinski definition) is 4. The van der Waals surface area contributed by atoms with Gasteiger partial charge in [0, 0.05) is 13.1 Å². The summed E-state index contributed by atoms with van der Waals surface area (Å²) in [6.07, 6.45) is 5.33. The van der Waals surface area contributed by atoms with Gasteiger partial charge < -0.3 is 15.0 Å². The zero-order valence-corrected chi connectivity index (χ0v) is 14.5. The van der Waals surface area contributed by atoms with Crippen molar-refractivity contribution in [3.05, 3.63) is 48.5 Å². The van der Waals surface area contributed by atoms with Gasteiger partial charge in [0.25, 0.3) is 0 Å². The second-order valence-corrected chi connectivity index (χ2v) is 6.26. The molecule has 1 fully saturated rings. The molecule has 0 radical (unpaired) electrons. The summed E-state index contributed by atoms with van der Waals surface area (Å²) in [7, 11) is 0. The average molecular weight is 343 g/mol. The molecule has 1 N–H and O–H groups in total. The lowest BCUT2D eigenvalue weighted by atomic mass is 10.1. The van der Waals surface area contributed by atoms with Gasteiger partial charge in [-0.25, -0.2) is 9.78 Å². The molecule has 0 unspecified atom stereocenters. The third-order valence-corrected chi connectivity index (χ3v) is 4.37. The first-order valence-corrected chi connectivity index (χ1v) is 8.80. The molecule has 0 saturated carbocycles. The molecule has 1 aliphatic rings. The van der Waals surface area contributed by atoms with Crippen molar-refractivity contribution in [3.8, 4) is 0 Å². The Labute approximate surface area is 148 Å². The van der Waals surface area contributed by atoms with Gasteiger partial charge in [-0.15, -0.1) is 0 Å². The number of ether oxygens (including phenoxy) is 1. The minimum Gasteiger partial charge on any atom is -0.375 e. The number of hydrogen-bond donors (Lipinski definition) is 1. The van der Waals surface area contributed by atoms with Crippen molar-refractivity contribution in [3.63, 3.8) is 0 Å². The summed E-state index contributed by atoms with van der Waals surface area (Å²) in [6, 6.07) is 9.72. The van der Waals surface area contributed by atoms with E-state index in [0.29, 0.717) is 26.2 Å². The van der Waals surface area contributed by atoms with Crippen LogP contribution in [-0.4, -0.2) is 51.5 Å². The number of morpholine rings is 1. The average Bonchev–Trinajstić information content (AvgIpc) is 3.15. The molecule has 0 aliphatic carbocycles. The van der Waals surface area contributed by atoms with Gasteiger partial charge in [-0.1, -0.05) is 43.7 Å². The van der Waals surface area contributed by atoms with Gasteiger partial charge in [0.2, 0.25) is 0 Å². The first-order chi connectivity index (χ1) is 12.3. The summed E-state index contributed by atoms with van der Waals surface area (Å²) in [5.74, 6) is 0. The molecule has 7 heteroatoms. The van der Waals surface area contributed by atoms with Crippen LogP contribution in [0.25, 0.3) is 0 Å². The first kappa shape index (κ1) is 17.4. The molecule has 0 bridgehead atoms. The Bertz CT molecular complexity index is 645. The normalized spacial score (nSPS) is 18.8. The highest BCUT2D eigenvalue weighted by atomic mass is 16.5. The Hall–Kier alpha value is -2.41. The van der Waals surface area contributed by atoms with Gasteiger partial charge in [0.05, 0.1) is 25.3 Å². The van der Waals surface area contributed by atoms with E-state index >= 15 is 0 Å². The van der Waals surface area contributed by atoms with Gasteiger partial charge in [0.15, 0.2) is 0 Å². The highest BCUT2D eigenvalue weighted by Gasteiger charge is 2.25. The largest absolute Gasteiger partial charge is 0.375 e. The second-order valence-electron chi connectivity index (χ2n) is 6.26. The number of carbonyl (C=O) groups is 1. The summed E-state index contributed by atoms with van der Waals surface area (Å²) < 4.78 is 7.46. The van der Waals surface area contributed by atoms with E-state index in [-0.39, 0.29) is 18.2 Å². The van der Waals surface area contributed by atoms with Gasteiger partial charge >= 0.3 is 6.03 Å². The molecule has 25 heavy (non-hydrogen) atoms. The molecule has 134 valence electrons. The predicted molar refractivity (Wildman–Crippen MR) is 94.0 cm³/mol. The van der Waals surface area contributed by atoms with E-state index in [9.17, 15) is 4.79 Å². The SMILES string of the molecule is CCC[C@@H]1CN(C(=O)N[C@@H](Cn2cncn2)c2ccccc2)CCO1. The highest BCUT2D eigenvalue weighted by Crippen LogP contribution is 2.16. The van der Waals surface area contributed by atoms with Crippen LogP contribution in [0.3, 0.4) is 0 Å². The van der Waals surface area contributed by atoms with Crippen molar-refractivity contribution in [2.45, 2.75) is 38.5 Å². The summed E-state index contributed by atoms with van der Waals surface area (Å²) in [5.41, 5.74) is 1.05. The van der Waals surface area contributed by atoms with Gasteiger partial charge in [-0.3, -0.25) is 4.68 Å². The summed E-state index contributed by atoms with van der Waals surface area (Å²) >= 11 is 0. The topological polar surface area (TPSA) is 72.3 Å². The van der Waals surface area contributed by atoms with Crippen LogP contribution < -0.4 is 5.32 Å². The lowest BCUT2D eigenvalue weighted by Gasteiger charge is -2.34. The molecule has 2 aromatic rings. The molecule has 1 saturated heterocycles. The number of rotatable bonds is 6. The summed E-state index contributed by atoms with van der Waals surface area (Å²) in [4.78, 5) is 18.6. The van der Waals surface area contributed by atoms with E-state index in [1.807, 2.05) is 35.2 Å². The Kier molecular flexibility index (Phi) is 6.00. The van der Waals surface area contributed by atoms with Crippen LogP contribution in [0.1, 0.15) is 31.4 Å². The lowest BCUT2D eigenvalue weighted by Crippen LogP contribution is -2.50. The monoisotopic (exact) mass is 343 g/mol. The van der Waals surface area contributed by atoms with E-state index in [1.54, 1.807) is 11.0 Å². The maximum atomic E-state index is 12.8. The smallest absolute Gasteiger partial charge is 0.318 e.